The largest absolute Gasteiger partial charge is 0.383 e. The highest BCUT2D eigenvalue weighted by Crippen LogP contribution is 2.49. The summed E-state index contributed by atoms with van der Waals surface area (Å²) in [6, 6.07) is 2.37. The molecule has 0 spiro atoms. The van der Waals surface area contributed by atoms with E-state index in [0.717, 1.165) is 38.6 Å². The van der Waals surface area contributed by atoms with Crippen molar-refractivity contribution in [3.63, 3.8) is 0 Å². The van der Waals surface area contributed by atoms with E-state index in [1.807, 2.05) is 0 Å². The lowest BCUT2D eigenvalue weighted by Crippen LogP contribution is -2.42. The van der Waals surface area contributed by atoms with Gasteiger partial charge in [-0.1, -0.05) is 0 Å². The third-order valence-electron chi connectivity index (χ3n) is 4.49. The van der Waals surface area contributed by atoms with Crippen LogP contribution in [0.15, 0.2) is 0 Å². The first kappa shape index (κ1) is 14.8. The minimum absolute atomic E-state index is 0.361. The zero-order chi connectivity index (χ0) is 13.6. The van der Waals surface area contributed by atoms with Crippen LogP contribution in [0, 0.1) is 22.7 Å². The summed E-state index contributed by atoms with van der Waals surface area (Å²) in [5, 5.41) is 12.4. The van der Waals surface area contributed by atoms with Crippen molar-refractivity contribution < 1.29 is 4.74 Å². The lowest BCUT2D eigenvalue weighted by molar-refractivity contribution is 0.140. The maximum absolute atomic E-state index is 8.90. The normalized spacial score (nSPS) is 26.0. The summed E-state index contributed by atoms with van der Waals surface area (Å²) in [5.74, 6) is 0.767. The van der Waals surface area contributed by atoms with Crippen molar-refractivity contribution in [1.29, 1.82) is 5.26 Å². The van der Waals surface area contributed by atoms with Crippen molar-refractivity contribution in [3.05, 3.63) is 0 Å². The summed E-state index contributed by atoms with van der Waals surface area (Å²) in [7, 11) is 1.74. The molecule has 0 radical (unpaired) electrons. The van der Waals surface area contributed by atoms with Gasteiger partial charge in [0.25, 0.3) is 0 Å². The van der Waals surface area contributed by atoms with Gasteiger partial charge in [-0.05, 0) is 50.1 Å². The second-order valence-corrected chi connectivity index (χ2v) is 6.28. The number of nitrogens with one attached hydrogen (secondary N) is 1. The number of hydrogen-bond acceptors (Lipinski definition) is 4. The Morgan fingerprint density at radius 1 is 1.47 bits per heavy atom. The molecule has 0 amide bonds. The van der Waals surface area contributed by atoms with E-state index < -0.39 is 0 Å². The van der Waals surface area contributed by atoms with Gasteiger partial charge < -0.3 is 15.0 Å². The van der Waals surface area contributed by atoms with Crippen LogP contribution in [0.25, 0.3) is 0 Å². The molecule has 0 aromatic heterocycles. The Balaban J connectivity index is 1.67. The van der Waals surface area contributed by atoms with Gasteiger partial charge >= 0.3 is 0 Å². The van der Waals surface area contributed by atoms with Crippen LogP contribution in [-0.4, -0.2) is 51.3 Å². The SMILES string of the molecule is COCCNCC1CCCN(CC2(CC#N)CC2)C1. The number of methoxy groups -OCH3 is 1. The number of piperidine rings is 1. The van der Waals surface area contributed by atoms with Crippen molar-refractivity contribution in [1.82, 2.24) is 10.2 Å². The van der Waals surface area contributed by atoms with E-state index in [4.69, 9.17) is 10.00 Å². The fraction of sp³-hybridized carbons (Fsp3) is 0.933. The zero-order valence-corrected chi connectivity index (χ0v) is 12.2. The van der Waals surface area contributed by atoms with Crippen LogP contribution in [0.5, 0.6) is 0 Å². The molecule has 2 rings (SSSR count). The Labute approximate surface area is 117 Å². The van der Waals surface area contributed by atoms with Gasteiger partial charge in [-0.25, -0.2) is 0 Å². The molecule has 0 bridgehead atoms. The fourth-order valence-electron chi connectivity index (χ4n) is 3.15. The summed E-state index contributed by atoms with van der Waals surface area (Å²) < 4.78 is 5.05. The third-order valence-corrected chi connectivity index (χ3v) is 4.49. The van der Waals surface area contributed by atoms with E-state index >= 15 is 0 Å². The van der Waals surface area contributed by atoms with Crippen LogP contribution in [0.3, 0.4) is 0 Å². The van der Waals surface area contributed by atoms with E-state index in [1.54, 1.807) is 7.11 Å². The summed E-state index contributed by atoms with van der Waals surface area (Å²) in [6.07, 6.45) is 5.91. The van der Waals surface area contributed by atoms with Crippen molar-refractivity contribution in [3.8, 4) is 6.07 Å². The number of ether oxygens (including phenoxy) is 1. The number of rotatable bonds is 8. The molecule has 1 N–H and O–H groups in total. The van der Waals surface area contributed by atoms with Crippen LogP contribution < -0.4 is 5.32 Å². The second kappa shape index (κ2) is 7.23. The maximum atomic E-state index is 8.90. The summed E-state index contributed by atoms with van der Waals surface area (Å²) in [6.45, 7) is 6.42. The lowest BCUT2D eigenvalue weighted by Gasteiger charge is -2.35. The lowest BCUT2D eigenvalue weighted by atomic mass is 9.95. The van der Waals surface area contributed by atoms with Crippen LogP contribution in [0.4, 0.5) is 0 Å². The van der Waals surface area contributed by atoms with Gasteiger partial charge in [0.15, 0.2) is 0 Å². The predicted molar refractivity (Wildman–Crippen MR) is 75.8 cm³/mol. The van der Waals surface area contributed by atoms with E-state index in [2.05, 4.69) is 16.3 Å². The topological polar surface area (TPSA) is 48.3 Å². The first-order valence-corrected chi connectivity index (χ1v) is 7.57. The van der Waals surface area contributed by atoms with Crippen molar-refractivity contribution in [2.75, 3.05) is 46.4 Å². The maximum Gasteiger partial charge on any atom is 0.0628 e. The Kier molecular flexibility index (Phi) is 5.62. The van der Waals surface area contributed by atoms with Crippen LogP contribution in [-0.2, 0) is 4.74 Å². The average molecular weight is 265 g/mol. The number of hydrogen-bond donors (Lipinski definition) is 1. The second-order valence-electron chi connectivity index (χ2n) is 6.28. The number of nitrogens with zero attached hydrogens (tertiary/aromatic N) is 2. The van der Waals surface area contributed by atoms with Gasteiger partial charge in [0.1, 0.15) is 0 Å². The molecule has 1 saturated carbocycles. The van der Waals surface area contributed by atoms with E-state index in [0.29, 0.717) is 5.41 Å². The van der Waals surface area contributed by atoms with Gasteiger partial charge in [-0.3, -0.25) is 0 Å². The molecule has 0 aromatic carbocycles. The predicted octanol–water partition coefficient (Wildman–Crippen LogP) is 1.63. The summed E-state index contributed by atoms with van der Waals surface area (Å²) in [4.78, 5) is 2.59. The highest BCUT2D eigenvalue weighted by molar-refractivity contribution is 5.01. The minimum Gasteiger partial charge on any atom is -0.383 e. The molecule has 1 heterocycles. The number of likely N-dealkylation sites (tertiary alicyclic amines) is 1. The first-order chi connectivity index (χ1) is 9.28. The molecule has 4 nitrogen and oxygen atoms in total. The van der Waals surface area contributed by atoms with Gasteiger partial charge in [0.05, 0.1) is 12.7 Å². The molecule has 1 aliphatic carbocycles. The van der Waals surface area contributed by atoms with Gasteiger partial charge in [0.2, 0.25) is 0 Å². The molecule has 108 valence electrons. The molecular weight excluding hydrogens is 238 g/mol. The van der Waals surface area contributed by atoms with Gasteiger partial charge in [-0.2, -0.15) is 5.26 Å². The molecule has 4 heteroatoms. The fourth-order valence-corrected chi connectivity index (χ4v) is 3.15. The van der Waals surface area contributed by atoms with Crippen LogP contribution >= 0.6 is 0 Å². The quantitative estimate of drug-likeness (QED) is 0.678. The molecule has 1 aliphatic heterocycles. The van der Waals surface area contributed by atoms with Crippen LogP contribution in [0.2, 0.25) is 0 Å². The van der Waals surface area contributed by atoms with Crippen molar-refractivity contribution in [2.45, 2.75) is 32.1 Å². The highest BCUT2D eigenvalue weighted by atomic mass is 16.5. The Morgan fingerprint density at radius 3 is 3.00 bits per heavy atom. The molecule has 0 aromatic rings. The summed E-state index contributed by atoms with van der Waals surface area (Å²) in [5.41, 5.74) is 0.361. The van der Waals surface area contributed by atoms with Crippen molar-refractivity contribution in [2.24, 2.45) is 11.3 Å². The Morgan fingerprint density at radius 2 is 2.32 bits per heavy atom. The van der Waals surface area contributed by atoms with Crippen molar-refractivity contribution >= 4 is 0 Å². The molecule has 19 heavy (non-hydrogen) atoms. The molecule has 2 aliphatic rings. The third kappa shape index (κ3) is 4.76. The van der Waals surface area contributed by atoms with E-state index in [9.17, 15) is 0 Å². The van der Waals surface area contributed by atoms with Gasteiger partial charge in [0, 0.05) is 33.2 Å². The van der Waals surface area contributed by atoms with Crippen LogP contribution in [0.1, 0.15) is 32.1 Å². The molecular formula is C15H27N3O. The Hall–Kier alpha value is -0.630. The highest BCUT2D eigenvalue weighted by Gasteiger charge is 2.44. The first-order valence-electron chi connectivity index (χ1n) is 7.57. The molecule has 2 fully saturated rings. The average Bonchev–Trinajstić information content (AvgIpc) is 3.15. The van der Waals surface area contributed by atoms with E-state index in [-0.39, 0.29) is 0 Å². The standard InChI is InChI=1S/C15H27N3O/c1-19-10-8-17-11-14-3-2-9-18(12-14)13-15(4-5-15)6-7-16/h14,17H,2-6,8-13H2,1H3. The molecule has 1 unspecified atom stereocenters. The summed E-state index contributed by atoms with van der Waals surface area (Å²) >= 11 is 0. The van der Waals surface area contributed by atoms with Gasteiger partial charge in [-0.15, -0.1) is 0 Å². The monoisotopic (exact) mass is 265 g/mol. The Bertz CT molecular complexity index is 309. The minimum atomic E-state index is 0.361. The number of nitriles is 1. The molecule has 1 saturated heterocycles. The van der Waals surface area contributed by atoms with E-state index in [1.165, 1.54) is 38.8 Å². The smallest absolute Gasteiger partial charge is 0.0628 e. The zero-order valence-electron chi connectivity index (χ0n) is 12.2. The molecule has 1 atom stereocenters.